The van der Waals surface area contributed by atoms with Gasteiger partial charge in [0.2, 0.25) is 5.82 Å². The number of aryl methyl sites for hydroxylation is 1. The van der Waals surface area contributed by atoms with E-state index < -0.39 is 47.1 Å². The number of carbonyl (C=O) groups is 1. The topological polar surface area (TPSA) is 73.0 Å². The molecule has 4 rings (SSSR count). The molecule has 0 unspecified atom stereocenters. The Labute approximate surface area is 177 Å². The fourth-order valence-corrected chi connectivity index (χ4v) is 2.88. The highest BCUT2D eigenvalue weighted by Gasteiger charge is 2.26. The van der Waals surface area contributed by atoms with Gasteiger partial charge in [-0.25, -0.2) is 22.0 Å². The number of hydrogen-bond acceptors (Lipinski definition) is 4. The minimum Gasteiger partial charge on any atom is -0.355 e. The summed E-state index contributed by atoms with van der Waals surface area (Å²) >= 11 is 0. The third-order valence-electron chi connectivity index (χ3n) is 4.58. The molecule has 1 amide bonds. The molecule has 2 aromatic carbocycles. The summed E-state index contributed by atoms with van der Waals surface area (Å²) in [6.07, 6.45) is 1.20. The van der Waals surface area contributed by atoms with Gasteiger partial charge in [-0.2, -0.15) is 5.10 Å². The molecule has 0 saturated carbocycles. The molecule has 2 aromatic heterocycles. The molecule has 0 saturated heterocycles. The zero-order valence-electron chi connectivity index (χ0n) is 16.3. The Kier molecular flexibility index (Phi) is 5.47. The molecule has 0 fully saturated rings. The van der Waals surface area contributed by atoms with Gasteiger partial charge in [0, 0.05) is 23.9 Å². The standard InChI is InChI=1S/C21H13F5N4O2/c1-10-2-4-11(5-3-10)14-8-13(29-32-14)21(31)27-15-6-7-30(28-15)9-12-16(22)18(24)20(26)19(25)17(12)23/h2-8H,9H2,1H3,(H,27,28,31). The lowest BCUT2D eigenvalue weighted by Crippen LogP contribution is -2.14. The quantitative estimate of drug-likeness (QED) is 0.269. The van der Waals surface area contributed by atoms with E-state index in [0.29, 0.717) is 11.3 Å². The van der Waals surface area contributed by atoms with Gasteiger partial charge in [-0.3, -0.25) is 9.48 Å². The Morgan fingerprint density at radius 1 is 0.969 bits per heavy atom. The van der Waals surface area contributed by atoms with Crippen molar-refractivity contribution in [3.05, 3.63) is 88.5 Å². The molecule has 0 bridgehead atoms. The van der Waals surface area contributed by atoms with Crippen molar-refractivity contribution in [2.45, 2.75) is 13.5 Å². The van der Waals surface area contributed by atoms with Crippen molar-refractivity contribution in [1.29, 1.82) is 0 Å². The zero-order valence-corrected chi connectivity index (χ0v) is 16.3. The van der Waals surface area contributed by atoms with Gasteiger partial charge in [0.05, 0.1) is 12.1 Å². The van der Waals surface area contributed by atoms with Crippen LogP contribution in [0.4, 0.5) is 27.8 Å². The monoisotopic (exact) mass is 448 g/mol. The number of hydrogen-bond donors (Lipinski definition) is 1. The fraction of sp³-hybridized carbons (Fsp3) is 0.0952. The van der Waals surface area contributed by atoms with Crippen LogP contribution in [0.5, 0.6) is 0 Å². The van der Waals surface area contributed by atoms with Crippen LogP contribution in [-0.2, 0) is 6.54 Å². The highest BCUT2D eigenvalue weighted by molar-refractivity contribution is 6.02. The Hall–Kier alpha value is -4.02. The number of aromatic nitrogens is 3. The van der Waals surface area contributed by atoms with E-state index in [-0.39, 0.29) is 11.5 Å². The first-order chi connectivity index (χ1) is 15.2. The minimum absolute atomic E-state index is 0.0289. The smallest absolute Gasteiger partial charge is 0.279 e. The predicted molar refractivity (Wildman–Crippen MR) is 102 cm³/mol. The lowest BCUT2D eigenvalue weighted by Gasteiger charge is -2.08. The summed E-state index contributed by atoms with van der Waals surface area (Å²) in [7, 11) is 0. The third kappa shape index (κ3) is 3.96. The summed E-state index contributed by atoms with van der Waals surface area (Å²) in [4.78, 5) is 12.4. The molecular formula is C21H13F5N4O2. The molecular weight excluding hydrogens is 435 g/mol. The first-order valence-electron chi connectivity index (χ1n) is 9.13. The summed E-state index contributed by atoms with van der Waals surface area (Å²) < 4.78 is 73.6. The summed E-state index contributed by atoms with van der Waals surface area (Å²) in [5, 5.41) is 9.97. The zero-order chi connectivity index (χ0) is 23.0. The first kappa shape index (κ1) is 21.2. The van der Waals surface area contributed by atoms with E-state index in [1.165, 1.54) is 18.3 Å². The van der Waals surface area contributed by atoms with Gasteiger partial charge in [-0.05, 0) is 6.92 Å². The van der Waals surface area contributed by atoms with E-state index in [2.05, 4.69) is 15.6 Å². The number of halogens is 5. The van der Waals surface area contributed by atoms with Crippen LogP contribution in [0, 0.1) is 36.0 Å². The number of rotatable bonds is 5. The lowest BCUT2D eigenvalue weighted by molar-refractivity contribution is 0.101. The van der Waals surface area contributed by atoms with Crippen molar-refractivity contribution >= 4 is 11.7 Å². The Balaban J connectivity index is 1.49. The van der Waals surface area contributed by atoms with Crippen LogP contribution in [0.3, 0.4) is 0 Å². The van der Waals surface area contributed by atoms with Crippen LogP contribution in [0.1, 0.15) is 21.6 Å². The van der Waals surface area contributed by atoms with Gasteiger partial charge in [0.15, 0.2) is 40.5 Å². The number of anilines is 1. The van der Waals surface area contributed by atoms with Gasteiger partial charge in [0.25, 0.3) is 5.91 Å². The highest BCUT2D eigenvalue weighted by Crippen LogP contribution is 2.24. The second-order valence-electron chi connectivity index (χ2n) is 6.84. The van der Waals surface area contributed by atoms with E-state index in [1.54, 1.807) is 12.1 Å². The van der Waals surface area contributed by atoms with Crippen molar-refractivity contribution in [2.75, 3.05) is 5.32 Å². The molecule has 4 aromatic rings. The van der Waals surface area contributed by atoms with Gasteiger partial charge < -0.3 is 9.84 Å². The predicted octanol–water partition coefficient (Wildman–Crippen LogP) is 4.84. The third-order valence-corrected chi connectivity index (χ3v) is 4.58. The van der Waals surface area contributed by atoms with E-state index in [1.807, 2.05) is 19.1 Å². The molecule has 0 aliphatic rings. The average molecular weight is 448 g/mol. The van der Waals surface area contributed by atoms with Crippen molar-refractivity contribution in [2.24, 2.45) is 0 Å². The molecule has 1 N–H and O–H groups in total. The first-order valence-corrected chi connectivity index (χ1v) is 9.13. The summed E-state index contributed by atoms with van der Waals surface area (Å²) in [5.41, 5.74) is 0.665. The fourth-order valence-electron chi connectivity index (χ4n) is 2.88. The van der Waals surface area contributed by atoms with Crippen molar-refractivity contribution in [3.63, 3.8) is 0 Å². The molecule has 32 heavy (non-hydrogen) atoms. The normalized spacial score (nSPS) is 11.1. The molecule has 2 heterocycles. The number of benzene rings is 2. The SMILES string of the molecule is Cc1ccc(-c2cc(C(=O)Nc3ccn(Cc4c(F)c(F)c(F)c(F)c4F)n3)no2)cc1. The number of carbonyl (C=O) groups excluding carboxylic acids is 1. The van der Waals surface area contributed by atoms with Crippen LogP contribution in [-0.4, -0.2) is 20.8 Å². The Morgan fingerprint density at radius 3 is 2.25 bits per heavy atom. The van der Waals surface area contributed by atoms with E-state index in [9.17, 15) is 26.7 Å². The van der Waals surface area contributed by atoms with Crippen LogP contribution < -0.4 is 5.32 Å². The van der Waals surface area contributed by atoms with Crippen LogP contribution in [0.15, 0.2) is 47.1 Å². The Morgan fingerprint density at radius 2 is 1.59 bits per heavy atom. The molecule has 0 aliphatic carbocycles. The van der Waals surface area contributed by atoms with Crippen LogP contribution >= 0.6 is 0 Å². The van der Waals surface area contributed by atoms with Crippen molar-refractivity contribution in [1.82, 2.24) is 14.9 Å². The summed E-state index contributed by atoms with van der Waals surface area (Å²) in [6.45, 7) is 1.18. The van der Waals surface area contributed by atoms with E-state index in [4.69, 9.17) is 4.52 Å². The van der Waals surface area contributed by atoms with Gasteiger partial charge >= 0.3 is 0 Å². The van der Waals surface area contributed by atoms with Gasteiger partial charge in [-0.15, -0.1) is 0 Å². The maximum atomic E-state index is 13.8. The second-order valence-corrected chi connectivity index (χ2v) is 6.84. The number of nitrogens with one attached hydrogen (secondary N) is 1. The molecule has 11 heteroatoms. The highest BCUT2D eigenvalue weighted by atomic mass is 19.2. The largest absolute Gasteiger partial charge is 0.355 e. The summed E-state index contributed by atoms with van der Waals surface area (Å²) in [5.74, 6) is -10.6. The molecule has 0 atom stereocenters. The van der Waals surface area contributed by atoms with Crippen LogP contribution in [0.25, 0.3) is 11.3 Å². The number of amides is 1. The lowest BCUT2D eigenvalue weighted by atomic mass is 10.1. The molecule has 0 aliphatic heterocycles. The Bertz CT molecular complexity index is 1290. The summed E-state index contributed by atoms with van der Waals surface area (Å²) in [6, 6.07) is 10.1. The maximum absolute atomic E-state index is 13.8. The van der Waals surface area contributed by atoms with Crippen molar-refractivity contribution in [3.8, 4) is 11.3 Å². The number of nitrogens with zero attached hydrogens (tertiary/aromatic N) is 3. The van der Waals surface area contributed by atoms with E-state index in [0.717, 1.165) is 10.2 Å². The second kappa shape index (κ2) is 8.25. The van der Waals surface area contributed by atoms with Crippen LogP contribution in [0.2, 0.25) is 0 Å². The van der Waals surface area contributed by atoms with E-state index >= 15 is 0 Å². The maximum Gasteiger partial charge on any atom is 0.279 e. The molecule has 164 valence electrons. The average Bonchev–Trinajstić information content (AvgIpc) is 3.44. The van der Waals surface area contributed by atoms with Crippen molar-refractivity contribution < 1.29 is 31.3 Å². The molecule has 6 nitrogen and oxygen atoms in total. The minimum atomic E-state index is -2.24. The molecule has 0 radical (unpaired) electrons. The van der Waals surface area contributed by atoms with Gasteiger partial charge in [-0.1, -0.05) is 35.0 Å². The molecule has 0 spiro atoms. The van der Waals surface area contributed by atoms with Gasteiger partial charge in [0.1, 0.15) is 0 Å².